The molecule has 1 aromatic heterocycles. The summed E-state index contributed by atoms with van der Waals surface area (Å²) >= 11 is 0. The van der Waals surface area contributed by atoms with Crippen molar-refractivity contribution in [2.75, 3.05) is 13.2 Å². The molecule has 0 unspecified atom stereocenters. The largest absolute Gasteiger partial charge is 0.465 e. The number of carbonyl (C=O) groups is 2. The topological polar surface area (TPSA) is 78.4 Å². The van der Waals surface area contributed by atoms with Gasteiger partial charge in [-0.05, 0) is 13.8 Å². The van der Waals surface area contributed by atoms with Crippen LogP contribution in [-0.2, 0) is 19.1 Å². The van der Waals surface area contributed by atoms with Crippen LogP contribution in [0.25, 0.3) is 0 Å². The molecule has 0 fully saturated rings. The predicted molar refractivity (Wildman–Crippen MR) is 58.0 cm³/mol. The van der Waals surface area contributed by atoms with Crippen molar-refractivity contribution in [3.8, 4) is 0 Å². The van der Waals surface area contributed by atoms with Gasteiger partial charge in [-0.3, -0.25) is 9.59 Å². The molecule has 6 nitrogen and oxygen atoms in total. The van der Waals surface area contributed by atoms with Gasteiger partial charge in [0.2, 0.25) is 0 Å². The second-order valence-corrected chi connectivity index (χ2v) is 3.19. The van der Waals surface area contributed by atoms with Crippen LogP contribution in [0.2, 0.25) is 0 Å². The molecule has 0 aliphatic carbocycles. The van der Waals surface area contributed by atoms with Crippen molar-refractivity contribution >= 4 is 11.9 Å². The molecule has 0 bridgehead atoms. The number of ether oxygens (including phenoxy) is 2. The average molecular weight is 256 g/mol. The minimum Gasteiger partial charge on any atom is -0.465 e. The monoisotopic (exact) mass is 256 g/mol. The molecule has 0 aliphatic rings. The standard InChI is InChI=1S/C11H13FN2O4/c1-3-17-10(15)8(11(16)18-4-2)9-7(12)5-13-6-14-9/h5-6,8H,3-4H2,1-2H3. The number of esters is 2. The molecule has 1 heterocycles. The van der Waals surface area contributed by atoms with E-state index in [1.54, 1.807) is 13.8 Å². The first-order valence-electron chi connectivity index (χ1n) is 5.40. The third-order valence-electron chi connectivity index (χ3n) is 2.01. The lowest BCUT2D eigenvalue weighted by Crippen LogP contribution is -2.28. The molecule has 0 atom stereocenters. The Kier molecular flexibility index (Phi) is 5.16. The molecule has 7 heteroatoms. The van der Waals surface area contributed by atoms with E-state index in [4.69, 9.17) is 9.47 Å². The second-order valence-electron chi connectivity index (χ2n) is 3.19. The zero-order chi connectivity index (χ0) is 13.5. The van der Waals surface area contributed by atoms with Crippen molar-refractivity contribution in [2.45, 2.75) is 19.8 Å². The number of nitrogens with zero attached hydrogens (tertiary/aromatic N) is 2. The van der Waals surface area contributed by atoms with Crippen molar-refractivity contribution in [1.82, 2.24) is 9.97 Å². The SMILES string of the molecule is CCOC(=O)C(C(=O)OCC)c1ncncc1F. The van der Waals surface area contributed by atoms with E-state index in [1.165, 1.54) is 0 Å². The Balaban J connectivity index is 3.08. The summed E-state index contributed by atoms with van der Waals surface area (Å²) in [6.45, 7) is 3.30. The fourth-order valence-electron chi connectivity index (χ4n) is 1.31. The van der Waals surface area contributed by atoms with Gasteiger partial charge in [0, 0.05) is 0 Å². The van der Waals surface area contributed by atoms with E-state index in [9.17, 15) is 14.0 Å². The van der Waals surface area contributed by atoms with Crippen LogP contribution in [0.1, 0.15) is 25.5 Å². The maximum Gasteiger partial charge on any atom is 0.326 e. The van der Waals surface area contributed by atoms with Gasteiger partial charge in [0.05, 0.1) is 19.4 Å². The van der Waals surface area contributed by atoms with Crippen LogP contribution in [0.5, 0.6) is 0 Å². The Morgan fingerprint density at radius 3 is 2.28 bits per heavy atom. The van der Waals surface area contributed by atoms with E-state index in [0.29, 0.717) is 0 Å². The number of rotatable bonds is 5. The highest BCUT2D eigenvalue weighted by Crippen LogP contribution is 2.19. The molecule has 0 saturated carbocycles. The number of carbonyl (C=O) groups excluding carboxylic acids is 2. The van der Waals surface area contributed by atoms with Crippen LogP contribution in [0, 0.1) is 5.82 Å². The van der Waals surface area contributed by atoms with Crippen molar-refractivity contribution in [1.29, 1.82) is 0 Å². The Hall–Kier alpha value is -2.05. The normalized spacial score (nSPS) is 10.2. The second kappa shape index (κ2) is 6.63. The highest BCUT2D eigenvalue weighted by atomic mass is 19.1. The van der Waals surface area contributed by atoms with Crippen LogP contribution >= 0.6 is 0 Å². The Bertz CT molecular complexity index is 421. The molecule has 0 amide bonds. The van der Waals surface area contributed by atoms with E-state index in [2.05, 4.69) is 9.97 Å². The lowest BCUT2D eigenvalue weighted by Gasteiger charge is -2.13. The van der Waals surface area contributed by atoms with Gasteiger partial charge in [-0.15, -0.1) is 0 Å². The lowest BCUT2D eigenvalue weighted by molar-refractivity contribution is -0.157. The first-order valence-corrected chi connectivity index (χ1v) is 5.40. The number of hydrogen-bond donors (Lipinski definition) is 0. The van der Waals surface area contributed by atoms with Gasteiger partial charge in [0.25, 0.3) is 0 Å². The van der Waals surface area contributed by atoms with Gasteiger partial charge in [-0.25, -0.2) is 14.4 Å². The van der Waals surface area contributed by atoms with E-state index >= 15 is 0 Å². The summed E-state index contributed by atoms with van der Waals surface area (Å²) in [7, 11) is 0. The van der Waals surface area contributed by atoms with Crippen molar-refractivity contribution < 1.29 is 23.5 Å². The predicted octanol–water partition coefficient (Wildman–Crippen LogP) is 0.825. The Labute approximate surface area is 103 Å². The molecule has 1 aromatic rings. The summed E-state index contributed by atoms with van der Waals surface area (Å²) < 4.78 is 22.9. The van der Waals surface area contributed by atoms with Gasteiger partial charge in [-0.1, -0.05) is 0 Å². The zero-order valence-corrected chi connectivity index (χ0v) is 10.1. The van der Waals surface area contributed by atoms with E-state index in [1.807, 2.05) is 0 Å². The molecule has 98 valence electrons. The summed E-state index contributed by atoms with van der Waals surface area (Å²) in [6, 6.07) is 0. The number of halogens is 1. The van der Waals surface area contributed by atoms with Crippen LogP contribution in [-0.4, -0.2) is 35.1 Å². The van der Waals surface area contributed by atoms with Crippen LogP contribution in [0.15, 0.2) is 12.5 Å². The highest BCUT2D eigenvalue weighted by molar-refractivity contribution is 6.00. The molecule has 0 aliphatic heterocycles. The minimum absolute atomic E-state index is 0.0709. The molecule has 0 radical (unpaired) electrons. The summed E-state index contributed by atoms with van der Waals surface area (Å²) in [4.78, 5) is 30.4. The third kappa shape index (κ3) is 3.22. The van der Waals surface area contributed by atoms with Gasteiger partial charge in [0.15, 0.2) is 11.7 Å². The molecule has 0 N–H and O–H groups in total. The fraction of sp³-hybridized carbons (Fsp3) is 0.455. The van der Waals surface area contributed by atoms with Crippen LogP contribution < -0.4 is 0 Å². The Morgan fingerprint density at radius 1 is 1.28 bits per heavy atom. The molecule has 0 saturated heterocycles. The maximum atomic E-state index is 13.5. The third-order valence-corrected chi connectivity index (χ3v) is 2.01. The van der Waals surface area contributed by atoms with E-state index in [-0.39, 0.29) is 18.9 Å². The summed E-state index contributed by atoms with van der Waals surface area (Å²) in [5.74, 6) is -4.17. The van der Waals surface area contributed by atoms with Gasteiger partial charge >= 0.3 is 11.9 Å². The first kappa shape index (κ1) is 14.0. The van der Waals surface area contributed by atoms with Crippen molar-refractivity contribution in [2.24, 2.45) is 0 Å². The lowest BCUT2D eigenvalue weighted by atomic mass is 10.1. The smallest absolute Gasteiger partial charge is 0.326 e. The van der Waals surface area contributed by atoms with Crippen LogP contribution in [0.4, 0.5) is 4.39 Å². The molecule has 0 spiro atoms. The summed E-state index contributed by atoms with van der Waals surface area (Å²) in [5.41, 5.74) is -0.345. The number of hydrogen-bond acceptors (Lipinski definition) is 6. The van der Waals surface area contributed by atoms with E-state index in [0.717, 1.165) is 12.5 Å². The maximum absolute atomic E-state index is 13.5. The molecular weight excluding hydrogens is 243 g/mol. The average Bonchev–Trinajstić information content (AvgIpc) is 2.33. The molecule has 1 rings (SSSR count). The molecule has 18 heavy (non-hydrogen) atoms. The highest BCUT2D eigenvalue weighted by Gasteiger charge is 2.35. The van der Waals surface area contributed by atoms with Crippen molar-refractivity contribution in [3.63, 3.8) is 0 Å². The summed E-state index contributed by atoms with van der Waals surface area (Å²) in [5, 5.41) is 0. The summed E-state index contributed by atoms with van der Waals surface area (Å²) in [6.07, 6.45) is 1.91. The van der Waals surface area contributed by atoms with Gasteiger partial charge in [-0.2, -0.15) is 0 Å². The molecule has 0 aromatic carbocycles. The Morgan fingerprint density at radius 2 is 1.83 bits per heavy atom. The minimum atomic E-state index is -1.52. The van der Waals surface area contributed by atoms with Gasteiger partial charge < -0.3 is 9.47 Å². The zero-order valence-electron chi connectivity index (χ0n) is 10.1. The first-order chi connectivity index (χ1) is 8.61. The van der Waals surface area contributed by atoms with E-state index < -0.39 is 23.7 Å². The molecular formula is C11H13FN2O4. The van der Waals surface area contributed by atoms with Gasteiger partial charge in [0.1, 0.15) is 12.0 Å². The van der Waals surface area contributed by atoms with Crippen LogP contribution in [0.3, 0.4) is 0 Å². The van der Waals surface area contributed by atoms with Crippen molar-refractivity contribution in [3.05, 3.63) is 24.0 Å². The number of aromatic nitrogens is 2. The fourth-order valence-corrected chi connectivity index (χ4v) is 1.31. The quantitative estimate of drug-likeness (QED) is 0.573.